The van der Waals surface area contributed by atoms with Crippen molar-refractivity contribution in [3.8, 4) is 0 Å². The number of carbonyl (C=O) groups is 1. The van der Waals surface area contributed by atoms with E-state index >= 15 is 0 Å². The van der Waals surface area contributed by atoms with Gasteiger partial charge >= 0.3 is 5.97 Å². The smallest absolute Gasteiger partial charge is 0.310 e. The van der Waals surface area contributed by atoms with E-state index in [9.17, 15) is 4.79 Å². The molecule has 0 aliphatic rings. The highest BCUT2D eigenvalue weighted by Crippen LogP contribution is 2.18. The second-order valence-electron chi connectivity index (χ2n) is 4.67. The molecular formula is C16H16ClNO2. The molecule has 0 saturated heterocycles. The van der Waals surface area contributed by atoms with Gasteiger partial charge in [-0.05, 0) is 36.2 Å². The number of aliphatic carboxylic acids is 1. The summed E-state index contributed by atoms with van der Waals surface area (Å²) in [7, 11) is 0. The molecule has 3 nitrogen and oxygen atoms in total. The van der Waals surface area contributed by atoms with Crippen LogP contribution in [0.3, 0.4) is 0 Å². The molecule has 20 heavy (non-hydrogen) atoms. The first-order chi connectivity index (χ1) is 9.56. The van der Waals surface area contributed by atoms with Gasteiger partial charge in [-0.2, -0.15) is 0 Å². The summed E-state index contributed by atoms with van der Waals surface area (Å²) in [6, 6.07) is 15.1. The Morgan fingerprint density at radius 1 is 1.25 bits per heavy atom. The van der Waals surface area contributed by atoms with Gasteiger partial charge in [0.15, 0.2) is 0 Å². The van der Waals surface area contributed by atoms with Crippen LogP contribution < -0.4 is 5.32 Å². The van der Waals surface area contributed by atoms with Crippen molar-refractivity contribution in [3.05, 3.63) is 64.7 Å². The molecule has 0 aliphatic carbocycles. The predicted molar refractivity (Wildman–Crippen MR) is 81.3 cm³/mol. The van der Waals surface area contributed by atoms with E-state index in [-0.39, 0.29) is 0 Å². The lowest BCUT2D eigenvalue weighted by atomic mass is 10.00. The third-order valence-corrected chi connectivity index (χ3v) is 3.41. The van der Waals surface area contributed by atoms with Crippen LogP contribution in [0.1, 0.15) is 24.0 Å². The normalized spacial score (nSPS) is 11.9. The molecule has 2 aromatic carbocycles. The highest BCUT2D eigenvalue weighted by atomic mass is 35.5. The first kappa shape index (κ1) is 14.4. The Labute approximate surface area is 123 Å². The van der Waals surface area contributed by atoms with Crippen molar-refractivity contribution in [1.29, 1.82) is 0 Å². The summed E-state index contributed by atoms with van der Waals surface area (Å²) in [5.74, 6) is -1.29. The molecular weight excluding hydrogens is 274 g/mol. The van der Waals surface area contributed by atoms with E-state index in [2.05, 4.69) is 5.32 Å². The molecule has 0 aliphatic heterocycles. The molecule has 0 fully saturated rings. The van der Waals surface area contributed by atoms with E-state index < -0.39 is 11.9 Å². The zero-order valence-corrected chi connectivity index (χ0v) is 11.9. The summed E-state index contributed by atoms with van der Waals surface area (Å²) < 4.78 is 0. The van der Waals surface area contributed by atoms with E-state index in [1.165, 1.54) is 0 Å². The largest absolute Gasteiger partial charge is 0.481 e. The Hall–Kier alpha value is -2.00. The average Bonchev–Trinajstić information content (AvgIpc) is 2.45. The fraction of sp³-hybridized carbons (Fsp3) is 0.188. The SMILES string of the molecule is CC(C(=O)O)c1ccc(CNc2cccc(Cl)c2)cc1. The third-order valence-electron chi connectivity index (χ3n) is 3.17. The molecule has 4 heteroatoms. The van der Waals surface area contributed by atoms with E-state index in [1.54, 1.807) is 6.92 Å². The molecule has 104 valence electrons. The Kier molecular flexibility index (Phi) is 4.64. The van der Waals surface area contributed by atoms with Crippen molar-refractivity contribution >= 4 is 23.3 Å². The van der Waals surface area contributed by atoms with Gasteiger partial charge in [-0.1, -0.05) is 41.9 Å². The van der Waals surface area contributed by atoms with Gasteiger partial charge in [0.05, 0.1) is 5.92 Å². The molecule has 1 atom stereocenters. The standard InChI is InChI=1S/C16H16ClNO2/c1-11(16(19)20)13-7-5-12(6-8-13)10-18-15-4-2-3-14(17)9-15/h2-9,11,18H,10H2,1H3,(H,19,20). The number of hydrogen-bond donors (Lipinski definition) is 2. The number of carboxylic acid groups (broad SMARTS) is 1. The van der Waals surface area contributed by atoms with Gasteiger partial charge in [0.1, 0.15) is 0 Å². The second kappa shape index (κ2) is 6.44. The Morgan fingerprint density at radius 2 is 1.95 bits per heavy atom. The van der Waals surface area contributed by atoms with Gasteiger partial charge in [-0.25, -0.2) is 0 Å². The lowest BCUT2D eigenvalue weighted by Crippen LogP contribution is -2.07. The average molecular weight is 290 g/mol. The maximum absolute atomic E-state index is 10.9. The molecule has 1 unspecified atom stereocenters. The first-order valence-corrected chi connectivity index (χ1v) is 6.75. The van der Waals surface area contributed by atoms with Crippen molar-refractivity contribution < 1.29 is 9.90 Å². The summed E-state index contributed by atoms with van der Waals surface area (Å²) in [5.41, 5.74) is 2.86. The number of anilines is 1. The van der Waals surface area contributed by atoms with Gasteiger partial charge in [-0.3, -0.25) is 4.79 Å². The summed E-state index contributed by atoms with van der Waals surface area (Å²) in [5, 5.41) is 12.9. The highest BCUT2D eigenvalue weighted by Gasteiger charge is 2.12. The quantitative estimate of drug-likeness (QED) is 0.870. The lowest BCUT2D eigenvalue weighted by molar-refractivity contribution is -0.138. The zero-order valence-electron chi connectivity index (χ0n) is 11.1. The van der Waals surface area contributed by atoms with E-state index in [1.807, 2.05) is 48.5 Å². The minimum atomic E-state index is -0.810. The van der Waals surface area contributed by atoms with Crippen LogP contribution in [-0.2, 0) is 11.3 Å². The fourth-order valence-corrected chi connectivity index (χ4v) is 2.06. The topological polar surface area (TPSA) is 49.3 Å². The second-order valence-corrected chi connectivity index (χ2v) is 5.10. The Morgan fingerprint density at radius 3 is 2.55 bits per heavy atom. The number of benzene rings is 2. The summed E-state index contributed by atoms with van der Waals surface area (Å²) in [4.78, 5) is 10.9. The highest BCUT2D eigenvalue weighted by molar-refractivity contribution is 6.30. The number of nitrogens with one attached hydrogen (secondary N) is 1. The number of carboxylic acids is 1. The van der Waals surface area contributed by atoms with Gasteiger partial charge in [0.25, 0.3) is 0 Å². The monoisotopic (exact) mass is 289 g/mol. The minimum Gasteiger partial charge on any atom is -0.481 e. The Bertz CT molecular complexity index is 596. The molecule has 2 aromatic rings. The van der Waals surface area contributed by atoms with Crippen molar-refractivity contribution in [2.75, 3.05) is 5.32 Å². The predicted octanol–water partition coefficient (Wildman–Crippen LogP) is 4.14. The summed E-state index contributed by atoms with van der Waals surface area (Å²) >= 11 is 5.92. The molecule has 2 N–H and O–H groups in total. The van der Waals surface area contributed by atoms with Crippen molar-refractivity contribution in [2.45, 2.75) is 19.4 Å². The van der Waals surface area contributed by atoms with Crippen LogP contribution in [0.25, 0.3) is 0 Å². The van der Waals surface area contributed by atoms with Gasteiger partial charge in [0.2, 0.25) is 0 Å². The van der Waals surface area contributed by atoms with Crippen LogP contribution in [-0.4, -0.2) is 11.1 Å². The molecule has 0 saturated carbocycles. The molecule has 0 heterocycles. The van der Waals surface area contributed by atoms with Gasteiger partial charge < -0.3 is 10.4 Å². The van der Waals surface area contributed by atoms with E-state index in [4.69, 9.17) is 16.7 Å². The van der Waals surface area contributed by atoms with Crippen molar-refractivity contribution in [2.24, 2.45) is 0 Å². The molecule has 0 spiro atoms. The van der Waals surface area contributed by atoms with E-state index in [0.717, 1.165) is 16.8 Å². The van der Waals surface area contributed by atoms with Crippen LogP contribution in [0.5, 0.6) is 0 Å². The number of halogens is 1. The molecule has 0 amide bonds. The molecule has 0 aromatic heterocycles. The summed E-state index contributed by atoms with van der Waals surface area (Å²) in [6.45, 7) is 2.35. The van der Waals surface area contributed by atoms with Gasteiger partial charge in [0, 0.05) is 17.3 Å². The summed E-state index contributed by atoms with van der Waals surface area (Å²) in [6.07, 6.45) is 0. The zero-order chi connectivity index (χ0) is 14.5. The van der Waals surface area contributed by atoms with Crippen molar-refractivity contribution in [1.82, 2.24) is 0 Å². The molecule has 2 rings (SSSR count). The number of rotatable bonds is 5. The van der Waals surface area contributed by atoms with Crippen LogP contribution in [0.15, 0.2) is 48.5 Å². The first-order valence-electron chi connectivity index (χ1n) is 6.37. The van der Waals surface area contributed by atoms with Crippen LogP contribution >= 0.6 is 11.6 Å². The third kappa shape index (κ3) is 3.75. The van der Waals surface area contributed by atoms with E-state index in [0.29, 0.717) is 11.6 Å². The van der Waals surface area contributed by atoms with Gasteiger partial charge in [-0.15, -0.1) is 0 Å². The lowest BCUT2D eigenvalue weighted by Gasteiger charge is -2.09. The van der Waals surface area contributed by atoms with Crippen LogP contribution in [0, 0.1) is 0 Å². The maximum Gasteiger partial charge on any atom is 0.310 e. The Balaban J connectivity index is 1.99. The maximum atomic E-state index is 10.9. The molecule has 0 bridgehead atoms. The number of hydrogen-bond acceptors (Lipinski definition) is 2. The van der Waals surface area contributed by atoms with Crippen molar-refractivity contribution in [3.63, 3.8) is 0 Å². The molecule has 0 radical (unpaired) electrons. The van der Waals surface area contributed by atoms with Crippen LogP contribution in [0.2, 0.25) is 5.02 Å². The van der Waals surface area contributed by atoms with Crippen LogP contribution in [0.4, 0.5) is 5.69 Å². The minimum absolute atomic E-state index is 0.482. The fourth-order valence-electron chi connectivity index (χ4n) is 1.87.